The minimum absolute atomic E-state index is 0.110. The van der Waals surface area contributed by atoms with Crippen LogP contribution in [0.25, 0.3) is 0 Å². The zero-order chi connectivity index (χ0) is 24.6. The van der Waals surface area contributed by atoms with Crippen LogP contribution in [0.3, 0.4) is 0 Å². The highest BCUT2D eigenvalue weighted by atomic mass is 16.6. The van der Waals surface area contributed by atoms with Gasteiger partial charge in [-0.25, -0.2) is 9.59 Å². The molecule has 176 valence electrons. The lowest BCUT2D eigenvalue weighted by Crippen LogP contribution is -2.51. The summed E-state index contributed by atoms with van der Waals surface area (Å²) in [5.74, 6) is -1.14. The second-order valence-electron chi connectivity index (χ2n) is 8.31. The van der Waals surface area contributed by atoms with Crippen molar-refractivity contribution < 1.29 is 28.8 Å². The van der Waals surface area contributed by atoms with Crippen molar-refractivity contribution in [2.45, 2.75) is 38.8 Å². The van der Waals surface area contributed by atoms with Gasteiger partial charge in [0.2, 0.25) is 5.91 Å². The zero-order valence-electron chi connectivity index (χ0n) is 18.9. The van der Waals surface area contributed by atoms with Gasteiger partial charge in [0.05, 0.1) is 4.92 Å². The van der Waals surface area contributed by atoms with Crippen LogP contribution in [-0.4, -0.2) is 53.0 Å². The predicted molar refractivity (Wildman–Crippen MR) is 120 cm³/mol. The average molecular weight is 457 g/mol. The first-order valence-corrected chi connectivity index (χ1v) is 10.2. The quantitative estimate of drug-likeness (QED) is 0.279. The van der Waals surface area contributed by atoms with Gasteiger partial charge < -0.3 is 19.7 Å². The summed E-state index contributed by atoms with van der Waals surface area (Å²) in [6.45, 7) is 4.74. The zero-order valence-corrected chi connectivity index (χ0v) is 18.9. The van der Waals surface area contributed by atoms with Crippen LogP contribution >= 0.6 is 0 Å². The highest BCUT2D eigenvalue weighted by Gasteiger charge is 2.28. The molecule has 0 spiro atoms. The molecular weight excluding hydrogens is 430 g/mol. The van der Waals surface area contributed by atoms with Gasteiger partial charge in [-0.05, 0) is 38.5 Å². The van der Waals surface area contributed by atoms with Crippen molar-refractivity contribution in [1.29, 1.82) is 0 Å². The Bertz CT molecular complexity index is 985. The summed E-state index contributed by atoms with van der Waals surface area (Å²) >= 11 is 0. The number of rotatable bonds is 8. The fourth-order valence-electron chi connectivity index (χ4n) is 2.84. The Kier molecular flexibility index (Phi) is 8.49. The standard InChI is InChI=1S/C23H27N3O7/c1-23(2,3)33-22(29)24-19(14-16-8-6-5-7-9-16)21(28)25(4)15-20(27)32-18-12-10-17(11-13-18)26(30)31/h5-13,19H,14-15H2,1-4H3,(H,24,29)/t19-/m0/s1. The fraction of sp³-hybridized carbons (Fsp3) is 0.348. The van der Waals surface area contributed by atoms with E-state index >= 15 is 0 Å². The smallest absolute Gasteiger partial charge is 0.408 e. The normalized spacial score (nSPS) is 11.8. The lowest BCUT2D eigenvalue weighted by Gasteiger charge is -2.26. The maximum absolute atomic E-state index is 13.0. The van der Waals surface area contributed by atoms with Crippen LogP contribution in [0.1, 0.15) is 26.3 Å². The molecule has 2 aromatic rings. The van der Waals surface area contributed by atoms with Gasteiger partial charge in [-0.3, -0.25) is 14.9 Å². The summed E-state index contributed by atoms with van der Waals surface area (Å²) in [5, 5.41) is 13.3. The minimum atomic E-state index is -0.973. The van der Waals surface area contributed by atoms with Crippen LogP contribution in [-0.2, 0) is 20.7 Å². The summed E-state index contributed by atoms with van der Waals surface area (Å²) < 4.78 is 10.4. The summed E-state index contributed by atoms with van der Waals surface area (Å²) in [6, 6.07) is 13.1. The van der Waals surface area contributed by atoms with Crippen LogP contribution in [0, 0.1) is 10.1 Å². The van der Waals surface area contributed by atoms with E-state index in [2.05, 4.69) is 5.32 Å². The predicted octanol–water partition coefficient (Wildman–Crippen LogP) is 3.09. The molecular formula is C23H27N3O7. The van der Waals surface area contributed by atoms with E-state index in [1.807, 2.05) is 30.3 Å². The molecule has 0 bridgehead atoms. The number of hydrogen-bond acceptors (Lipinski definition) is 7. The molecule has 10 nitrogen and oxygen atoms in total. The van der Waals surface area contributed by atoms with Crippen LogP contribution in [0.15, 0.2) is 54.6 Å². The largest absolute Gasteiger partial charge is 0.444 e. The molecule has 0 aliphatic carbocycles. The SMILES string of the molecule is CN(CC(=O)Oc1ccc([N+](=O)[O-])cc1)C(=O)[C@H](Cc1ccccc1)NC(=O)OC(C)(C)C. The summed E-state index contributed by atoms with van der Waals surface area (Å²) in [4.78, 5) is 48.9. The van der Waals surface area contributed by atoms with E-state index in [0.717, 1.165) is 10.5 Å². The number of benzene rings is 2. The van der Waals surface area contributed by atoms with Gasteiger partial charge in [0, 0.05) is 25.6 Å². The summed E-state index contributed by atoms with van der Waals surface area (Å²) in [5.41, 5.74) is -0.0712. The summed E-state index contributed by atoms with van der Waals surface area (Å²) in [6.07, 6.45) is -0.556. The molecule has 0 aliphatic rings. The van der Waals surface area contributed by atoms with E-state index < -0.39 is 41.1 Å². The van der Waals surface area contributed by atoms with E-state index in [1.54, 1.807) is 20.8 Å². The van der Waals surface area contributed by atoms with E-state index in [4.69, 9.17) is 9.47 Å². The number of esters is 1. The second-order valence-corrected chi connectivity index (χ2v) is 8.31. The van der Waals surface area contributed by atoms with E-state index in [1.165, 1.54) is 31.3 Å². The number of ether oxygens (including phenoxy) is 2. The van der Waals surface area contributed by atoms with Gasteiger partial charge in [-0.2, -0.15) is 0 Å². The highest BCUT2D eigenvalue weighted by Crippen LogP contribution is 2.17. The number of likely N-dealkylation sites (N-methyl/N-ethyl adjacent to an activating group) is 1. The lowest BCUT2D eigenvalue weighted by molar-refractivity contribution is -0.384. The minimum Gasteiger partial charge on any atom is -0.444 e. The number of carbonyl (C=O) groups is 3. The Morgan fingerprint density at radius 2 is 1.67 bits per heavy atom. The number of nitro benzene ring substituents is 1. The third-order valence-corrected chi connectivity index (χ3v) is 4.29. The van der Waals surface area contributed by atoms with Crippen molar-refractivity contribution in [3.05, 3.63) is 70.3 Å². The summed E-state index contributed by atoms with van der Waals surface area (Å²) in [7, 11) is 1.41. The molecule has 0 radical (unpaired) electrons. The van der Waals surface area contributed by atoms with Crippen LogP contribution in [0.4, 0.5) is 10.5 Å². The Morgan fingerprint density at radius 3 is 2.21 bits per heavy atom. The van der Waals surface area contributed by atoms with E-state index in [0.29, 0.717) is 0 Å². The lowest BCUT2D eigenvalue weighted by atomic mass is 10.0. The first-order valence-electron chi connectivity index (χ1n) is 10.2. The van der Waals surface area contributed by atoms with Crippen molar-refractivity contribution >= 4 is 23.7 Å². The Labute approximate surface area is 191 Å². The second kappa shape index (κ2) is 11.1. The van der Waals surface area contributed by atoms with Gasteiger partial charge in [0.25, 0.3) is 5.69 Å². The number of hydrogen-bond donors (Lipinski definition) is 1. The number of carbonyl (C=O) groups excluding carboxylic acids is 3. The number of nitrogens with zero attached hydrogens (tertiary/aromatic N) is 2. The first-order chi connectivity index (χ1) is 15.4. The maximum Gasteiger partial charge on any atom is 0.408 e. The molecule has 0 aliphatic heterocycles. The molecule has 0 saturated heterocycles. The van der Waals surface area contributed by atoms with Crippen molar-refractivity contribution in [3.63, 3.8) is 0 Å². The molecule has 2 aromatic carbocycles. The number of non-ortho nitro benzene ring substituents is 1. The molecule has 0 heterocycles. The van der Waals surface area contributed by atoms with Gasteiger partial charge in [0.15, 0.2) is 0 Å². The Morgan fingerprint density at radius 1 is 1.06 bits per heavy atom. The van der Waals surface area contributed by atoms with Crippen LogP contribution in [0.5, 0.6) is 5.75 Å². The van der Waals surface area contributed by atoms with Crippen molar-refractivity contribution in [3.8, 4) is 5.75 Å². The van der Waals surface area contributed by atoms with Crippen molar-refractivity contribution in [1.82, 2.24) is 10.2 Å². The first kappa shape index (κ1) is 25.3. The molecule has 1 atom stereocenters. The molecule has 0 aromatic heterocycles. The molecule has 33 heavy (non-hydrogen) atoms. The third kappa shape index (κ3) is 8.60. The monoisotopic (exact) mass is 457 g/mol. The Balaban J connectivity index is 2.05. The molecule has 2 amide bonds. The molecule has 0 saturated carbocycles. The van der Waals surface area contributed by atoms with Crippen LogP contribution in [0.2, 0.25) is 0 Å². The number of alkyl carbamates (subject to hydrolysis) is 1. The van der Waals surface area contributed by atoms with Gasteiger partial charge in [0.1, 0.15) is 23.9 Å². The molecule has 0 unspecified atom stereocenters. The highest BCUT2D eigenvalue weighted by molar-refractivity contribution is 5.88. The van der Waals surface area contributed by atoms with Crippen molar-refractivity contribution in [2.24, 2.45) is 0 Å². The fourth-order valence-corrected chi connectivity index (χ4v) is 2.84. The molecule has 0 fully saturated rings. The number of nitro groups is 1. The topological polar surface area (TPSA) is 128 Å². The Hall–Kier alpha value is -3.95. The number of nitrogens with one attached hydrogen (secondary N) is 1. The van der Waals surface area contributed by atoms with E-state index in [9.17, 15) is 24.5 Å². The maximum atomic E-state index is 13.0. The average Bonchev–Trinajstić information content (AvgIpc) is 2.72. The number of amides is 2. The molecule has 10 heteroatoms. The molecule has 2 rings (SSSR count). The van der Waals surface area contributed by atoms with Gasteiger partial charge in [-0.15, -0.1) is 0 Å². The van der Waals surface area contributed by atoms with Gasteiger partial charge >= 0.3 is 12.1 Å². The van der Waals surface area contributed by atoms with Gasteiger partial charge in [-0.1, -0.05) is 30.3 Å². The van der Waals surface area contributed by atoms with Crippen molar-refractivity contribution in [2.75, 3.05) is 13.6 Å². The van der Waals surface area contributed by atoms with Crippen LogP contribution < -0.4 is 10.1 Å². The third-order valence-electron chi connectivity index (χ3n) is 4.29. The van der Waals surface area contributed by atoms with E-state index in [-0.39, 0.29) is 17.9 Å². The molecule has 1 N–H and O–H groups in total.